The third-order valence-electron chi connectivity index (χ3n) is 4.61. The molecule has 94 valence electrons. The molecule has 2 aliphatic rings. The van der Waals surface area contributed by atoms with Gasteiger partial charge < -0.3 is 4.74 Å². The summed E-state index contributed by atoms with van der Waals surface area (Å²) >= 11 is 0. The van der Waals surface area contributed by atoms with Crippen LogP contribution in [0.15, 0.2) is 30.3 Å². The Kier molecular flexibility index (Phi) is 2.54. The Labute approximate surface area is 108 Å². The Morgan fingerprint density at radius 2 is 2.00 bits per heavy atom. The van der Waals surface area contributed by atoms with Crippen LogP contribution in [0.2, 0.25) is 0 Å². The molecule has 1 aromatic rings. The molecule has 0 heterocycles. The fourth-order valence-electron chi connectivity index (χ4n) is 3.43. The standard InChI is InChI=1S/C16H18O2/c1-16-9-3-4-14(16)13(10-15(16)17)11-5-7-12(18-2)8-6-11/h5-8,10,14H,3-4,9H2,1-2H3. The lowest BCUT2D eigenvalue weighted by molar-refractivity contribution is -0.122. The monoisotopic (exact) mass is 242 g/mol. The molecule has 2 aliphatic carbocycles. The van der Waals surface area contributed by atoms with E-state index in [4.69, 9.17) is 4.74 Å². The zero-order chi connectivity index (χ0) is 12.8. The first-order chi connectivity index (χ1) is 8.65. The van der Waals surface area contributed by atoms with Crippen molar-refractivity contribution >= 4 is 11.4 Å². The van der Waals surface area contributed by atoms with Crippen LogP contribution in [0, 0.1) is 11.3 Å². The van der Waals surface area contributed by atoms with E-state index in [9.17, 15) is 4.79 Å². The van der Waals surface area contributed by atoms with Crippen molar-refractivity contribution in [3.8, 4) is 5.75 Å². The Bertz CT molecular complexity index is 512. The van der Waals surface area contributed by atoms with E-state index in [1.807, 2.05) is 18.2 Å². The highest BCUT2D eigenvalue weighted by Crippen LogP contribution is 2.54. The summed E-state index contributed by atoms with van der Waals surface area (Å²) in [5.41, 5.74) is 2.26. The minimum Gasteiger partial charge on any atom is -0.497 e. The number of rotatable bonds is 2. The number of ether oxygens (including phenoxy) is 1. The van der Waals surface area contributed by atoms with E-state index in [-0.39, 0.29) is 5.41 Å². The molecule has 0 N–H and O–H groups in total. The van der Waals surface area contributed by atoms with Crippen molar-refractivity contribution in [3.63, 3.8) is 0 Å². The largest absolute Gasteiger partial charge is 0.497 e. The van der Waals surface area contributed by atoms with Crippen LogP contribution in [0.1, 0.15) is 31.7 Å². The maximum atomic E-state index is 12.2. The van der Waals surface area contributed by atoms with Gasteiger partial charge in [-0.05, 0) is 48.1 Å². The molecule has 1 aromatic carbocycles. The first kappa shape index (κ1) is 11.5. The molecule has 0 amide bonds. The number of carbonyl (C=O) groups is 1. The number of methoxy groups -OCH3 is 1. The lowest BCUT2D eigenvalue weighted by atomic mass is 9.78. The SMILES string of the molecule is COc1ccc(C2=CC(=O)C3(C)CCCC23)cc1. The highest BCUT2D eigenvalue weighted by molar-refractivity contribution is 6.07. The number of allylic oxidation sites excluding steroid dienone is 2. The number of hydrogen-bond acceptors (Lipinski definition) is 2. The third kappa shape index (κ3) is 1.52. The highest BCUT2D eigenvalue weighted by atomic mass is 16.5. The van der Waals surface area contributed by atoms with Crippen molar-refractivity contribution < 1.29 is 9.53 Å². The van der Waals surface area contributed by atoms with Crippen LogP contribution in [0.3, 0.4) is 0 Å². The molecule has 1 saturated carbocycles. The van der Waals surface area contributed by atoms with Gasteiger partial charge in [0.2, 0.25) is 0 Å². The second kappa shape index (κ2) is 3.98. The molecule has 2 unspecified atom stereocenters. The van der Waals surface area contributed by atoms with Gasteiger partial charge >= 0.3 is 0 Å². The Balaban J connectivity index is 1.97. The molecular weight excluding hydrogens is 224 g/mol. The summed E-state index contributed by atoms with van der Waals surface area (Å²) in [6.07, 6.45) is 5.21. The zero-order valence-corrected chi connectivity index (χ0v) is 10.9. The van der Waals surface area contributed by atoms with Gasteiger partial charge in [-0.2, -0.15) is 0 Å². The van der Waals surface area contributed by atoms with Gasteiger partial charge in [0, 0.05) is 5.41 Å². The van der Waals surface area contributed by atoms with Gasteiger partial charge in [-0.1, -0.05) is 25.5 Å². The molecule has 3 rings (SSSR count). The van der Waals surface area contributed by atoms with Crippen LogP contribution in [-0.4, -0.2) is 12.9 Å². The second-order valence-corrected chi connectivity index (χ2v) is 5.55. The van der Waals surface area contributed by atoms with Crippen molar-refractivity contribution in [1.29, 1.82) is 0 Å². The molecule has 0 aromatic heterocycles. The molecule has 0 aliphatic heterocycles. The highest BCUT2D eigenvalue weighted by Gasteiger charge is 2.49. The molecule has 0 radical (unpaired) electrons. The van der Waals surface area contributed by atoms with Crippen LogP contribution in [0.5, 0.6) is 5.75 Å². The number of carbonyl (C=O) groups excluding carboxylic acids is 1. The van der Waals surface area contributed by atoms with Crippen molar-refractivity contribution in [2.24, 2.45) is 11.3 Å². The molecule has 2 heteroatoms. The van der Waals surface area contributed by atoms with Crippen molar-refractivity contribution in [2.45, 2.75) is 26.2 Å². The van der Waals surface area contributed by atoms with Crippen LogP contribution in [-0.2, 0) is 4.79 Å². The Hall–Kier alpha value is -1.57. The Morgan fingerprint density at radius 3 is 2.67 bits per heavy atom. The number of hydrogen-bond donors (Lipinski definition) is 0. The van der Waals surface area contributed by atoms with Gasteiger partial charge in [-0.15, -0.1) is 0 Å². The van der Waals surface area contributed by atoms with E-state index in [0.717, 1.165) is 18.6 Å². The van der Waals surface area contributed by atoms with Crippen LogP contribution in [0.4, 0.5) is 0 Å². The van der Waals surface area contributed by atoms with Crippen LogP contribution in [0.25, 0.3) is 5.57 Å². The van der Waals surface area contributed by atoms with Crippen molar-refractivity contribution in [2.75, 3.05) is 7.11 Å². The van der Waals surface area contributed by atoms with Gasteiger partial charge in [0.1, 0.15) is 5.75 Å². The van der Waals surface area contributed by atoms with Crippen molar-refractivity contribution in [3.05, 3.63) is 35.9 Å². The summed E-state index contributed by atoms with van der Waals surface area (Å²) in [6.45, 7) is 2.13. The molecule has 2 nitrogen and oxygen atoms in total. The van der Waals surface area contributed by atoms with Gasteiger partial charge in [0.25, 0.3) is 0 Å². The van der Waals surface area contributed by atoms with Crippen molar-refractivity contribution in [1.82, 2.24) is 0 Å². The fraction of sp³-hybridized carbons (Fsp3) is 0.438. The smallest absolute Gasteiger partial charge is 0.162 e. The Morgan fingerprint density at radius 1 is 1.28 bits per heavy atom. The first-order valence-electron chi connectivity index (χ1n) is 6.55. The molecular formula is C16H18O2. The maximum absolute atomic E-state index is 12.2. The topological polar surface area (TPSA) is 26.3 Å². The van der Waals surface area contributed by atoms with E-state index in [1.165, 1.54) is 17.6 Å². The van der Waals surface area contributed by atoms with Gasteiger partial charge in [0.15, 0.2) is 5.78 Å². The average molecular weight is 242 g/mol. The maximum Gasteiger partial charge on any atom is 0.162 e. The molecule has 0 bridgehead atoms. The number of fused-ring (bicyclic) bond motifs is 1. The average Bonchev–Trinajstić information content (AvgIpc) is 2.88. The van der Waals surface area contributed by atoms with E-state index in [1.54, 1.807) is 7.11 Å². The predicted octanol–water partition coefficient (Wildman–Crippen LogP) is 3.47. The second-order valence-electron chi connectivity index (χ2n) is 5.55. The van der Waals surface area contributed by atoms with Gasteiger partial charge in [0.05, 0.1) is 7.11 Å². The molecule has 18 heavy (non-hydrogen) atoms. The van der Waals surface area contributed by atoms with E-state index in [2.05, 4.69) is 19.1 Å². The predicted molar refractivity (Wildman–Crippen MR) is 71.4 cm³/mol. The van der Waals surface area contributed by atoms with E-state index < -0.39 is 0 Å². The molecule has 0 spiro atoms. The molecule has 1 fully saturated rings. The lowest BCUT2D eigenvalue weighted by Gasteiger charge is -2.24. The normalized spacial score (nSPS) is 30.2. The molecule has 2 atom stereocenters. The fourth-order valence-corrected chi connectivity index (χ4v) is 3.43. The van der Waals surface area contributed by atoms with E-state index >= 15 is 0 Å². The zero-order valence-electron chi connectivity index (χ0n) is 10.9. The quantitative estimate of drug-likeness (QED) is 0.793. The minimum absolute atomic E-state index is 0.130. The van der Waals surface area contributed by atoms with Gasteiger partial charge in [-0.25, -0.2) is 0 Å². The summed E-state index contributed by atoms with van der Waals surface area (Å²) in [4.78, 5) is 12.2. The summed E-state index contributed by atoms with van der Waals surface area (Å²) in [6, 6.07) is 8.04. The molecule has 0 saturated heterocycles. The number of benzene rings is 1. The van der Waals surface area contributed by atoms with E-state index in [0.29, 0.717) is 11.7 Å². The third-order valence-corrected chi connectivity index (χ3v) is 4.61. The summed E-state index contributed by atoms with van der Waals surface area (Å²) in [7, 11) is 1.67. The summed E-state index contributed by atoms with van der Waals surface area (Å²) < 4.78 is 5.17. The first-order valence-corrected chi connectivity index (χ1v) is 6.55. The minimum atomic E-state index is -0.130. The summed E-state index contributed by atoms with van der Waals surface area (Å²) in [5, 5.41) is 0. The summed E-state index contributed by atoms with van der Waals surface area (Å²) in [5.74, 6) is 1.59. The number of ketones is 1. The van der Waals surface area contributed by atoms with Gasteiger partial charge in [-0.3, -0.25) is 4.79 Å². The van der Waals surface area contributed by atoms with Crippen LogP contribution < -0.4 is 4.74 Å². The lowest BCUT2D eigenvalue weighted by Crippen LogP contribution is -2.25. The van der Waals surface area contributed by atoms with Crippen LogP contribution >= 0.6 is 0 Å².